The second-order valence-electron chi connectivity index (χ2n) is 4.91. The van der Waals surface area contributed by atoms with Crippen LogP contribution in [-0.4, -0.2) is 19.6 Å². The molecule has 0 saturated heterocycles. The maximum absolute atomic E-state index is 3.51. The summed E-state index contributed by atoms with van der Waals surface area (Å²) in [6, 6.07) is 7.30. The highest BCUT2D eigenvalue weighted by atomic mass is 15.1. The van der Waals surface area contributed by atoms with E-state index >= 15 is 0 Å². The van der Waals surface area contributed by atoms with Crippen LogP contribution in [-0.2, 0) is 6.42 Å². The smallest absolute Gasteiger partial charge is 0.0419 e. The predicted octanol–water partition coefficient (Wildman–Crippen LogP) is 3.67. The van der Waals surface area contributed by atoms with Crippen LogP contribution in [0.3, 0.4) is 0 Å². The molecule has 1 aliphatic heterocycles. The van der Waals surface area contributed by atoms with Crippen LogP contribution in [0.2, 0.25) is 0 Å². The number of anilines is 2. The molecule has 1 aliphatic rings. The molecule has 0 radical (unpaired) electrons. The van der Waals surface area contributed by atoms with Crippen LogP contribution in [0, 0.1) is 0 Å². The Bertz CT molecular complexity index is 369. The lowest BCUT2D eigenvalue weighted by atomic mass is 9.99. The highest BCUT2D eigenvalue weighted by Crippen LogP contribution is 2.32. The maximum Gasteiger partial charge on any atom is 0.0419 e. The van der Waals surface area contributed by atoms with Gasteiger partial charge in [-0.15, -0.1) is 0 Å². The van der Waals surface area contributed by atoms with Crippen LogP contribution in [0.5, 0.6) is 0 Å². The van der Waals surface area contributed by atoms with Crippen molar-refractivity contribution in [1.29, 1.82) is 0 Å². The predicted molar refractivity (Wildman–Crippen MR) is 76.0 cm³/mol. The quantitative estimate of drug-likeness (QED) is 0.852. The van der Waals surface area contributed by atoms with Gasteiger partial charge in [-0.25, -0.2) is 0 Å². The van der Waals surface area contributed by atoms with Crippen LogP contribution >= 0.6 is 0 Å². The van der Waals surface area contributed by atoms with Crippen LogP contribution < -0.4 is 10.2 Å². The van der Waals surface area contributed by atoms with E-state index in [1.165, 1.54) is 42.6 Å². The molecule has 0 spiro atoms. The number of hydrogen-bond donors (Lipinski definition) is 1. The number of nitrogens with zero attached hydrogens (tertiary/aromatic N) is 1. The molecule has 2 nitrogen and oxygen atoms in total. The van der Waals surface area contributed by atoms with Crippen LogP contribution in [0.4, 0.5) is 11.4 Å². The van der Waals surface area contributed by atoms with E-state index in [0.29, 0.717) is 6.04 Å². The summed E-state index contributed by atoms with van der Waals surface area (Å²) in [5.74, 6) is 0. The number of nitrogens with one attached hydrogen (secondary N) is 1. The molecule has 2 rings (SSSR count). The minimum atomic E-state index is 0.656. The van der Waals surface area contributed by atoms with Crippen molar-refractivity contribution in [3.8, 4) is 0 Å². The van der Waals surface area contributed by atoms with Gasteiger partial charge in [0, 0.05) is 31.0 Å². The molecule has 0 aromatic heterocycles. The third kappa shape index (κ3) is 2.41. The number of benzene rings is 1. The van der Waals surface area contributed by atoms with Gasteiger partial charge in [0.25, 0.3) is 0 Å². The Morgan fingerprint density at radius 2 is 2.06 bits per heavy atom. The third-order valence-corrected chi connectivity index (χ3v) is 3.94. The molecule has 17 heavy (non-hydrogen) atoms. The van der Waals surface area contributed by atoms with Crippen molar-refractivity contribution in [3.05, 3.63) is 23.8 Å². The molecule has 0 bridgehead atoms. The average molecular weight is 232 g/mol. The van der Waals surface area contributed by atoms with Gasteiger partial charge in [0.15, 0.2) is 0 Å². The van der Waals surface area contributed by atoms with E-state index < -0.39 is 0 Å². The van der Waals surface area contributed by atoms with E-state index in [0.717, 1.165) is 6.54 Å². The topological polar surface area (TPSA) is 15.3 Å². The standard InChI is InChI=1S/C15H24N2/c1-4-12(5-2)17(3)15-10-6-9-14-13(15)8-7-11-16-14/h6,9-10,12,16H,4-5,7-8,11H2,1-3H3. The van der Waals surface area contributed by atoms with Crippen molar-refractivity contribution >= 4 is 11.4 Å². The van der Waals surface area contributed by atoms with Gasteiger partial charge in [-0.2, -0.15) is 0 Å². The van der Waals surface area contributed by atoms with Crippen molar-refractivity contribution in [2.24, 2.45) is 0 Å². The molecule has 1 N–H and O–H groups in total. The van der Waals surface area contributed by atoms with Crippen LogP contribution in [0.15, 0.2) is 18.2 Å². The average Bonchev–Trinajstić information content (AvgIpc) is 2.39. The summed E-state index contributed by atoms with van der Waals surface area (Å²) < 4.78 is 0. The molecule has 1 aromatic carbocycles. The van der Waals surface area contributed by atoms with Gasteiger partial charge >= 0.3 is 0 Å². The van der Waals surface area contributed by atoms with E-state index in [4.69, 9.17) is 0 Å². The summed E-state index contributed by atoms with van der Waals surface area (Å²) in [7, 11) is 2.24. The van der Waals surface area contributed by atoms with Gasteiger partial charge in [-0.1, -0.05) is 19.9 Å². The Hall–Kier alpha value is -1.18. The molecule has 1 heterocycles. The first kappa shape index (κ1) is 12.3. The first-order valence-electron chi connectivity index (χ1n) is 6.86. The van der Waals surface area contributed by atoms with Crippen molar-refractivity contribution in [1.82, 2.24) is 0 Å². The largest absolute Gasteiger partial charge is 0.385 e. The Kier molecular flexibility index (Phi) is 3.93. The highest BCUT2D eigenvalue weighted by Gasteiger charge is 2.18. The van der Waals surface area contributed by atoms with Crippen molar-refractivity contribution in [3.63, 3.8) is 0 Å². The zero-order valence-electron chi connectivity index (χ0n) is 11.3. The molecule has 0 amide bonds. The highest BCUT2D eigenvalue weighted by molar-refractivity contribution is 5.68. The zero-order valence-corrected chi connectivity index (χ0v) is 11.3. The van der Waals surface area contributed by atoms with Gasteiger partial charge in [-0.3, -0.25) is 0 Å². The molecule has 0 atom stereocenters. The van der Waals surface area contributed by atoms with Crippen molar-refractivity contribution in [2.75, 3.05) is 23.8 Å². The fourth-order valence-electron chi connectivity index (χ4n) is 2.85. The summed E-state index contributed by atoms with van der Waals surface area (Å²) in [5.41, 5.74) is 4.27. The third-order valence-electron chi connectivity index (χ3n) is 3.94. The first-order chi connectivity index (χ1) is 8.27. The maximum atomic E-state index is 3.51. The molecule has 1 aromatic rings. The second-order valence-corrected chi connectivity index (χ2v) is 4.91. The second kappa shape index (κ2) is 5.44. The van der Waals surface area contributed by atoms with Crippen molar-refractivity contribution < 1.29 is 0 Å². The lowest BCUT2D eigenvalue weighted by Crippen LogP contribution is -2.31. The van der Waals surface area contributed by atoms with Crippen LogP contribution in [0.1, 0.15) is 38.7 Å². The first-order valence-corrected chi connectivity index (χ1v) is 6.86. The Morgan fingerprint density at radius 3 is 2.76 bits per heavy atom. The van der Waals surface area contributed by atoms with Gasteiger partial charge in [0.1, 0.15) is 0 Å². The molecule has 0 aliphatic carbocycles. The molecule has 94 valence electrons. The molecule has 2 heteroatoms. The van der Waals surface area contributed by atoms with E-state index in [1.807, 2.05) is 0 Å². The molecular weight excluding hydrogens is 208 g/mol. The number of hydrogen-bond acceptors (Lipinski definition) is 2. The summed E-state index contributed by atoms with van der Waals surface area (Å²) >= 11 is 0. The minimum Gasteiger partial charge on any atom is -0.385 e. The van der Waals surface area contributed by atoms with E-state index in [-0.39, 0.29) is 0 Å². The normalized spacial score (nSPS) is 14.4. The van der Waals surface area contributed by atoms with Gasteiger partial charge in [0.2, 0.25) is 0 Å². The van der Waals surface area contributed by atoms with Crippen LogP contribution in [0.25, 0.3) is 0 Å². The summed E-state index contributed by atoms with van der Waals surface area (Å²) in [5, 5.41) is 3.51. The Labute approximate surface area is 105 Å². The van der Waals surface area contributed by atoms with E-state index in [9.17, 15) is 0 Å². The van der Waals surface area contributed by atoms with Crippen molar-refractivity contribution in [2.45, 2.75) is 45.6 Å². The fourth-order valence-corrected chi connectivity index (χ4v) is 2.85. The van der Waals surface area contributed by atoms with Gasteiger partial charge in [0.05, 0.1) is 0 Å². The molecular formula is C15H24N2. The number of rotatable bonds is 4. The number of fused-ring (bicyclic) bond motifs is 1. The monoisotopic (exact) mass is 232 g/mol. The van der Waals surface area contributed by atoms with E-state index in [2.05, 4.69) is 49.3 Å². The molecule has 0 saturated carbocycles. The minimum absolute atomic E-state index is 0.656. The fraction of sp³-hybridized carbons (Fsp3) is 0.600. The van der Waals surface area contributed by atoms with Gasteiger partial charge in [-0.05, 0) is 43.4 Å². The van der Waals surface area contributed by atoms with E-state index in [1.54, 1.807) is 0 Å². The Morgan fingerprint density at radius 1 is 1.29 bits per heavy atom. The zero-order chi connectivity index (χ0) is 12.3. The molecule has 0 unspecified atom stereocenters. The van der Waals surface area contributed by atoms with Gasteiger partial charge < -0.3 is 10.2 Å². The molecule has 0 fully saturated rings. The summed E-state index contributed by atoms with van der Waals surface area (Å²) in [4.78, 5) is 2.46. The summed E-state index contributed by atoms with van der Waals surface area (Å²) in [6.07, 6.45) is 4.89. The summed E-state index contributed by atoms with van der Waals surface area (Å²) in [6.45, 7) is 5.67. The lowest BCUT2D eigenvalue weighted by Gasteiger charge is -2.32. The SMILES string of the molecule is CCC(CC)N(C)c1cccc2c1CCCN2. The lowest BCUT2D eigenvalue weighted by molar-refractivity contribution is 0.589. The Balaban J connectivity index is 2.31.